The summed E-state index contributed by atoms with van der Waals surface area (Å²) in [6, 6.07) is 8.82. The van der Waals surface area contributed by atoms with Gasteiger partial charge in [0, 0.05) is 4.90 Å². The maximum Gasteiger partial charge on any atom is 0.416 e. The summed E-state index contributed by atoms with van der Waals surface area (Å²) in [6.07, 6.45) is -2.05. The Labute approximate surface area is 155 Å². The number of hydrogen-bond acceptors (Lipinski definition) is 4. The molecule has 10 heteroatoms. The summed E-state index contributed by atoms with van der Waals surface area (Å²) in [5.41, 5.74) is -0.761. The topological polar surface area (TPSA) is 59.8 Å². The van der Waals surface area contributed by atoms with E-state index in [1.807, 2.05) is 0 Å². The minimum absolute atomic E-state index is 0.0746. The van der Waals surface area contributed by atoms with Crippen LogP contribution in [0.4, 0.5) is 23.2 Å². The highest BCUT2D eigenvalue weighted by atomic mass is 32.2. The largest absolute Gasteiger partial charge is 0.416 e. The number of carbonyl (C=O) groups excluding carboxylic acids is 1. The van der Waals surface area contributed by atoms with Gasteiger partial charge in [0.1, 0.15) is 18.5 Å². The third-order valence-electron chi connectivity index (χ3n) is 3.46. The Morgan fingerprint density at radius 3 is 2.63 bits per heavy atom. The van der Waals surface area contributed by atoms with Crippen LogP contribution < -0.4 is 5.32 Å². The van der Waals surface area contributed by atoms with Crippen molar-refractivity contribution in [1.82, 2.24) is 14.8 Å². The van der Waals surface area contributed by atoms with Gasteiger partial charge in [0.25, 0.3) is 0 Å². The molecule has 0 saturated heterocycles. The summed E-state index contributed by atoms with van der Waals surface area (Å²) in [4.78, 5) is 16.2. The molecule has 1 N–H and O–H groups in total. The Kier molecular flexibility index (Phi) is 5.45. The molecular weight excluding hydrogens is 384 g/mol. The highest BCUT2D eigenvalue weighted by Crippen LogP contribution is 2.33. The molecule has 0 saturated carbocycles. The van der Waals surface area contributed by atoms with Crippen molar-refractivity contribution in [3.63, 3.8) is 0 Å². The summed E-state index contributed by atoms with van der Waals surface area (Å²) >= 11 is 0.943. The lowest BCUT2D eigenvalue weighted by molar-refractivity contribution is -0.137. The average Bonchev–Trinajstić information content (AvgIpc) is 3.14. The molecule has 0 fully saturated rings. The molecule has 0 spiro atoms. The SMILES string of the molecule is O=C(CSc1ccccc1F)Nc1cc(C(F)(F)F)ccc1-n1cncn1. The Morgan fingerprint density at radius 1 is 1.19 bits per heavy atom. The molecular formula is C17H12F4N4OS. The molecule has 0 unspecified atom stereocenters. The number of aromatic nitrogens is 3. The van der Waals surface area contributed by atoms with E-state index >= 15 is 0 Å². The zero-order valence-electron chi connectivity index (χ0n) is 13.6. The molecule has 0 aliphatic heterocycles. The highest BCUT2D eigenvalue weighted by molar-refractivity contribution is 8.00. The lowest BCUT2D eigenvalue weighted by atomic mass is 10.1. The Hall–Kier alpha value is -2.88. The van der Waals surface area contributed by atoms with Crippen molar-refractivity contribution in [1.29, 1.82) is 0 Å². The van der Waals surface area contributed by atoms with Crippen LogP contribution in [0, 0.1) is 5.82 Å². The Balaban J connectivity index is 1.81. The maximum atomic E-state index is 13.6. The summed E-state index contributed by atoms with van der Waals surface area (Å²) in [5.74, 6) is -1.23. The van der Waals surface area contributed by atoms with Crippen LogP contribution in [0.3, 0.4) is 0 Å². The average molecular weight is 396 g/mol. The van der Waals surface area contributed by atoms with Gasteiger partial charge in [-0.3, -0.25) is 4.79 Å². The van der Waals surface area contributed by atoms with Gasteiger partial charge in [-0.2, -0.15) is 18.3 Å². The first-order valence-electron chi connectivity index (χ1n) is 7.58. The molecule has 3 aromatic rings. The van der Waals surface area contributed by atoms with Gasteiger partial charge < -0.3 is 5.32 Å². The van der Waals surface area contributed by atoms with Crippen LogP contribution in [0.5, 0.6) is 0 Å². The fraction of sp³-hybridized carbons (Fsp3) is 0.118. The molecule has 1 aromatic heterocycles. The quantitative estimate of drug-likeness (QED) is 0.520. The molecule has 3 rings (SSSR count). The number of nitrogens with zero attached hydrogens (tertiary/aromatic N) is 3. The first-order chi connectivity index (χ1) is 12.8. The van der Waals surface area contributed by atoms with E-state index in [1.165, 1.54) is 41.6 Å². The Morgan fingerprint density at radius 2 is 1.96 bits per heavy atom. The second-order valence-corrected chi connectivity index (χ2v) is 6.35. The van der Waals surface area contributed by atoms with Crippen LogP contribution in [-0.2, 0) is 11.0 Å². The van der Waals surface area contributed by atoms with Crippen molar-refractivity contribution < 1.29 is 22.4 Å². The molecule has 27 heavy (non-hydrogen) atoms. The number of rotatable bonds is 5. The maximum absolute atomic E-state index is 13.6. The van der Waals surface area contributed by atoms with Gasteiger partial charge in [-0.05, 0) is 30.3 Å². The Bertz CT molecular complexity index is 944. The molecule has 0 radical (unpaired) electrons. The zero-order chi connectivity index (χ0) is 19.4. The molecule has 0 bridgehead atoms. The standard InChI is InChI=1S/C17H12F4N4OS/c18-12-3-1-2-4-15(12)27-8-16(26)24-13-7-11(17(19,20)21)5-6-14(13)25-10-22-9-23-25/h1-7,9-10H,8H2,(H,24,26). The summed E-state index contributed by atoms with van der Waals surface area (Å²) in [6.45, 7) is 0. The lowest BCUT2D eigenvalue weighted by Crippen LogP contribution is -2.17. The first kappa shape index (κ1) is 18.9. The van der Waals surface area contributed by atoms with Gasteiger partial charge in [-0.25, -0.2) is 14.1 Å². The van der Waals surface area contributed by atoms with E-state index in [1.54, 1.807) is 6.07 Å². The van der Waals surface area contributed by atoms with E-state index in [0.717, 1.165) is 23.9 Å². The molecule has 2 aromatic carbocycles. The second-order valence-electron chi connectivity index (χ2n) is 5.34. The van der Waals surface area contributed by atoms with Crippen LogP contribution in [-0.4, -0.2) is 26.4 Å². The number of hydrogen-bond donors (Lipinski definition) is 1. The van der Waals surface area contributed by atoms with E-state index in [-0.39, 0.29) is 22.0 Å². The summed E-state index contributed by atoms with van der Waals surface area (Å²) in [5, 5.41) is 6.30. The van der Waals surface area contributed by atoms with Crippen molar-refractivity contribution in [2.45, 2.75) is 11.1 Å². The first-order valence-corrected chi connectivity index (χ1v) is 8.56. The molecule has 0 aliphatic rings. The number of halogens is 4. The fourth-order valence-corrected chi connectivity index (χ4v) is 2.98. The number of benzene rings is 2. The van der Waals surface area contributed by atoms with Gasteiger partial charge >= 0.3 is 6.18 Å². The monoisotopic (exact) mass is 396 g/mol. The summed E-state index contributed by atoms with van der Waals surface area (Å²) < 4.78 is 53.8. The predicted molar refractivity (Wildman–Crippen MR) is 92.1 cm³/mol. The van der Waals surface area contributed by atoms with Crippen molar-refractivity contribution >= 4 is 23.4 Å². The van der Waals surface area contributed by atoms with Gasteiger partial charge in [0.15, 0.2) is 0 Å². The lowest BCUT2D eigenvalue weighted by Gasteiger charge is -2.14. The zero-order valence-corrected chi connectivity index (χ0v) is 14.4. The third-order valence-corrected chi connectivity index (χ3v) is 4.51. The van der Waals surface area contributed by atoms with Gasteiger partial charge in [0.05, 0.1) is 22.7 Å². The molecule has 0 aliphatic carbocycles. The van der Waals surface area contributed by atoms with E-state index in [2.05, 4.69) is 15.4 Å². The van der Waals surface area contributed by atoms with Crippen molar-refractivity contribution in [3.8, 4) is 5.69 Å². The van der Waals surface area contributed by atoms with Crippen LogP contribution >= 0.6 is 11.8 Å². The number of alkyl halides is 3. The number of carbonyl (C=O) groups is 1. The third kappa shape index (κ3) is 4.64. The minimum atomic E-state index is -4.57. The van der Waals surface area contributed by atoms with Crippen molar-refractivity contribution in [2.75, 3.05) is 11.1 Å². The van der Waals surface area contributed by atoms with Crippen molar-refractivity contribution in [3.05, 3.63) is 66.5 Å². The molecule has 140 valence electrons. The molecule has 5 nitrogen and oxygen atoms in total. The highest BCUT2D eigenvalue weighted by Gasteiger charge is 2.31. The molecule has 1 amide bonds. The van der Waals surface area contributed by atoms with E-state index in [0.29, 0.717) is 0 Å². The number of nitrogens with one attached hydrogen (secondary N) is 1. The van der Waals surface area contributed by atoms with Gasteiger partial charge in [0.2, 0.25) is 5.91 Å². The van der Waals surface area contributed by atoms with Crippen LogP contribution in [0.1, 0.15) is 5.56 Å². The molecule has 1 heterocycles. The van der Waals surface area contributed by atoms with E-state index in [4.69, 9.17) is 0 Å². The second kappa shape index (κ2) is 7.78. The number of thioether (sulfide) groups is 1. The van der Waals surface area contributed by atoms with Crippen LogP contribution in [0.25, 0.3) is 5.69 Å². The van der Waals surface area contributed by atoms with Gasteiger partial charge in [-0.15, -0.1) is 11.8 Å². The summed E-state index contributed by atoms with van der Waals surface area (Å²) in [7, 11) is 0. The number of anilines is 1. The fourth-order valence-electron chi connectivity index (χ4n) is 2.24. The minimum Gasteiger partial charge on any atom is -0.323 e. The normalized spacial score (nSPS) is 11.4. The number of amides is 1. The smallest absolute Gasteiger partial charge is 0.323 e. The van der Waals surface area contributed by atoms with Crippen LogP contribution in [0.15, 0.2) is 60.0 Å². The van der Waals surface area contributed by atoms with Crippen molar-refractivity contribution in [2.24, 2.45) is 0 Å². The molecule has 0 atom stereocenters. The van der Waals surface area contributed by atoms with Crippen LogP contribution in [0.2, 0.25) is 0 Å². The van der Waals surface area contributed by atoms with Gasteiger partial charge in [-0.1, -0.05) is 12.1 Å². The van der Waals surface area contributed by atoms with E-state index in [9.17, 15) is 22.4 Å². The predicted octanol–water partition coefficient (Wildman–Crippen LogP) is 4.16. The van der Waals surface area contributed by atoms with E-state index < -0.39 is 23.5 Å².